The van der Waals surface area contributed by atoms with E-state index in [2.05, 4.69) is 15.5 Å². The van der Waals surface area contributed by atoms with Crippen LogP contribution in [0.5, 0.6) is 0 Å². The van der Waals surface area contributed by atoms with Crippen molar-refractivity contribution >= 4 is 11.9 Å². The number of fused-ring (bicyclic) bond motifs is 1. The number of nitrogens with zero attached hydrogens (tertiary/aromatic N) is 3. The number of piperidine rings is 1. The number of aromatic nitrogens is 3. The van der Waals surface area contributed by atoms with Gasteiger partial charge in [-0.05, 0) is 44.0 Å². The fraction of sp³-hybridized carbons (Fsp3) is 0.462. The topological polar surface area (TPSA) is 59.3 Å². The highest BCUT2D eigenvalue weighted by Gasteiger charge is 2.16. The molecular formula is C13H16N4O. The van der Waals surface area contributed by atoms with Crippen LogP contribution < -0.4 is 5.32 Å². The van der Waals surface area contributed by atoms with Crippen molar-refractivity contribution in [2.45, 2.75) is 19.3 Å². The van der Waals surface area contributed by atoms with Crippen LogP contribution in [0, 0.1) is 5.92 Å². The minimum atomic E-state index is 0.617. The molecule has 1 aliphatic rings. The third-order valence-corrected chi connectivity index (χ3v) is 3.50. The average molecular weight is 244 g/mol. The maximum Gasteiger partial charge on any atom is 0.160 e. The molecule has 5 heteroatoms. The lowest BCUT2D eigenvalue weighted by Gasteiger charge is -2.21. The summed E-state index contributed by atoms with van der Waals surface area (Å²) in [6.45, 7) is 2.16. The lowest BCUT2D eigenvalue weighted by atomic mass is 9.96. The summed E-state index contributed by atoms with van der Waals surface area (Å²) in [4.78, 5) is 10.8. The molecule has 1 fully saturated rings. The van der Waals surface area contributed by atoms with E-state index in [1.54, 1.807) is 6.07 Å². The van der Waals surface area contributed by atoms with Crippen LogP contribution in [0.1, 0.15) is 29.0 Å². The standard InChI is InChI=1S/C13H16N4O/c18-9-11-3-4-12-15-16-13(17(12)8-11)6-10-2-1-5-14-7-10/h3-4,8-10,14H,1-2,5-7H2. The van der Waals surface area contributed by atoms with E-state index in [1.165, 1.54) is 12.8 Å². The van der Waals surface area contributed by atoms with Gasteiger partial charge in [0.25, 0.3) is 0 Å². The average Bonchev–Trinajstić information content (AvgIpc) is 2.82. The van der Waals surface area contributed by atoms with Crippen LogP contribution in [0.3, 0.4) is 0 Å². The first-order chi connectivity index (χ1) is 8.86. The molecule has 94 valence electrons. The Morgan fingerprint density at radius 1 is 1.44 bits per heavy atom. The highest BCUT2D eigenvalue weighted by Crippen LogP contribution is 2.16. The maximum atomic E-state index is 10.8. The molecule has 1 unspecified atom stereocenters. The van der Waals surface area contributed by atoms with Crippen LogP contribution >= 0.6 is 0 Å². The van der Waals surface area contributed by atoms with Gasteiger partial charge in [-0.2, -0.15) is 0 Å². The summed E-state index contributed by atoms with van der Waals surface area (Å²) in [5.74, 6) is 1.56. The second kappa shape index (κ2) is 4.86. The summed E-state index contributed by atoms with van der Waals surface area (Å²) in [6.07, 6.45) is 6.03. The molecular weight excluding hydrogens is 228 g/mol. The van der Waals surface area contributed by atoms with Crippen molar-refractivity contribution in [2.75, 3.05) is 13.1 Å². The normalized spacial score (nSPS) is 20.1. The van der Waals surface area contributed by atoms with Crippen molar-refractivity contribution in [3.63, 3.8) is 0 Å². The van der Waals surface area contributed by atoms with E-state index in [9.17, 15) is 4.79 Å². The first-order valence-electron chi connectivity index (χ1n) is 6.36. The van der Waals surface area contributed by atoms with Crippen molar-refractivity contribution in [2.24, 2.45) is 5.92 Å². The molecule has 1 atom stereocenters. The zero-order valence-corrected chi connectivity index (χ0v) is 10.2. The van der Waals surface area contributed by atoms with E-state index in [1.807, 2.05) is 16.7 Å². The minimum Gasteiger partial charge on any atom is -0.316 e. The Hall–Kier alpha value is -1.75. The molecule has 5 nitrogen and oxygen atoms in total. The zero-order chi connectivity index (χ0) is 12.4. The number of rotatable bonds is 3. The van der Waals surface area contributed by atoms with Crippen molar-refractivity contribution in [1.82, 2.24) is 19.9 Å². The lowest BCUT2D eigenvalue weighted by Crippen LogP contribution is -2.31. The predicted molar refractivity (Wildman–Crippen MR) is 67.7 cm³/mol. The Labute approximate surface area is 105 Å². The largest absolute Gasteiger partial charge is 0.316 e. The molecule has 0 bridgehead atoms. The molecule has 0 amide bonds. The smallest absolute Gasteiger partial charge is 0.160 e. The summed E-state index contributed by atoms with van der Waals surface area (Å²) in [7, 11) is 0. The van der Waals surface area contributed by atoms with Gasteiger partial charge in [0.05, 0.1) is 0 Å². The highest BCUT2D eigenvalue weighted by atomic mass is 16.1. The van der Waals surface area contributed by atoms with E-state index in [4.69, 9.17) is 0 Å². The van der Waals surface area contributed by atoms with Crippen LogP contribution in [0.2, 0.25) is 0 Å². The Kier molecular flexibility index (Phi) is 3.06. The third kappa shape index (κ3) is 2.13. The highest BCUT2D eigenvalue weighted by molar-refractivity contribution is 5.74. The molecule has 2 aromatic rings. The van der Waals surface area contributed by atoms with Gasteiger partial charge in [-0.1, -0.05) is 0 Å². The van der Waals surface area contributed by atoms with Crippen LogP contribution in [-0.4, -0.2) is 34.0 Å². The second-order valence-electron chi connectivity index (χ2n) is 4.84. The first kappa shape index (κ1) is 11.3. The van der Waals surface area contributed by atoms with Gasteiger partial charge < -0.3 is 5.32 Å². The Morgan fingerprint density at radius 3 is 3.17 bits per heavy atom. The number of hydrogen-bond acceptors (Lipinski definition) is 4. The molecule has 0 spiro atoms. The molecule has 3 heterocycles. The number of pyridine rings is 1. The number of nitrogens with one attached hydrogen (secondary N) is 1. The van der Waals surface area contributed by atoms with E-state index in [0.717, 1.165) is 37.3 Å². The molecule has 1 aliphatic heterocycles. The van der Waals surface area contributed by atoms with Gasteiger partial charge in [-0.15, -0.1) is 10.2 Å². The van der Waals surface area contributed by atoms with Crippen molar-refractivity contribution in [3.8, 4) is 0 Å². The summed E-state index contributed by atoms with van der Waals surface area (Å²) in [6, 6.07) is 3.60. The second-order valence-corrected chi connectivity index (χ2v) is 4.84. The molecule has 1 saturated heterocycles. The minimum absolute atomic E-state index is 0.617. The molecule has 2 aromatic heterocycles. The molecule has 1 N–H and O–H groups in total. The summed E-state index contributed by atoms with van der Waals surface area (Å²) in [5.41, 5.74) is 1.46. The first-order valence-corrected chi connectivity index (χ1v) is 6.36. The SMILES string of the molecule is O=Cc1ccc2nnc(CC3CCCNC3)n2c1. The fourth-order valence-corrected chi connectivity index (χ4v) is 2.52. The number of hydrogen-bond donors (Lipinski definition) is 1. The van der Waals surface area contributed by atoms with E-state index in [-0.39, 0.29) is 0 Å². The maximum absolute atomic E-state index is 10.8. The Bertz CT molecular complexity index is 557. The number of aldehydes is 1. The van der Waals surface area contributed by atoms with Gasteiger partial charge in [0, 0.05) is 18.2 Å². The Morgan fingerprint density at radius 2 is 2.39 bits per heavy atom. The molecule has 0 saturated carbocycles. The van der Waals surface area contributed by atoms with Crippen molar-refractivity contribution in [3.05, 3.63) is 29.7 Å². The lowest BCUT2D eigenvalue weighted by molar-refractivity contribution is 0.112. The van der Waals surface area contributed by atoms with Crippen molar-refractivity contribution in [1.29, 1.82) is 0 Å². The van der Waals surface area contributed by atoms with Crippen LogP contribution in [0.15, 0.2) is 18.3 Å². The summed E-state index contributed by atoms with van der Waals surface area (Å²) in [5, 5.41) is 11.8. The van der Waals surface area contributed by atoms with E-state index in [0.29, 0.717) is 11.5 Å². The summed E-state index contributed by atoms with van der Waals surface area (Å²) < 4.78 is 1.93. The van der Waals surface area contributed by atoms with E-state index >= 15 is 0 Å². The van der Waals surface area contributed by atoms with Gasteiger partial charge in [0.1, 0.15) is 5.82 Å². The quantitative estimate of drug-likeness (QED) is 0.821. The van der Waals surface area contributed by atoms with Gasteiger partial charge in [-0.3, -0.25) is 9.20 Å². The number of carbonyl (C=O) groups excluding carboxylic acids is 1. The monoisotopic (exact) mass is 244 g/mol. The molecule has 0 radical (unpaired) electrons. The third-order valence-electron chi connectivity index (χ3n) is 3.50. The van der Waals surface area contributed by atoms with Crippen LogP contribution in [-0.2, 0) is 6.42 Å². The van der Waals surface area contributed by atoms with Gasteiger partial charge >= 0.3 is 0 Å². The van der Waals surface area contributed by atoms with Gasteiger partial charge in [0.15, 0.2) is 11.9 Å². The fourth-order valence-electron chi connectivity index (χ4n) is 2.52. The molecule has 18 heavy (non-hydrogen) atoms. The van der Waals surface area contributed by atoms with Crippen LogP contribution in [0.4, 0.5) is 0 Å². The zero-order valence-electron chi connectivity index (χ0n) is 10.2. The summed E-state index contributed by atoms with van der Waals surface area (Å²) >= 11 is 0. The molecule has 0 aliphatic carbocycles. The molecule has 0 aromatic carbocycles. The Balaban J connectivity index is 1.88. The number of carbonyl (C=O) groups is 1. The van der Waals surface area contributed by atoms with Crippen molar-refractivity contribution < 1.29 is 4.79 Å². The van der Waals surface area contributed by atoms with E-state index < -0.39 is 0 Å². The van der Waals surface area contributed by atoms with Gasteiger partial charge in [0.2, 0.25) is 0 Å². The molecule has 3 rings (SSSR count). The predicted octanol–water partition coefficient (Wildman–Crippen LogP) is 1.08. The van der Waals surface area contributed by atoms with Gasteiger partial charge in [-0.25, -0.2) is 0 Å². The van der Waals surface area contributed by atoms with Crippen LogP contribution in [0.25, 0.3) is 5.65 Å².